The van der Waals surface area contributed by atoms with Gasteiger partial charge in [0.15, 0.2) is 0 Å². The van der Waals surface area contributed by atoms with Gasteiger partial charge in [-0.3, -0.25) is 14.4 Å². The molecule has 0 saturated carbocycles. The van der Waals surface area contributed by atoms with Crippen LogP contribution in [-0.2, 0) is 23.9 Å². The molecule has 0 bridgehead atoms. The highest BCUT2D eigenvalue weighted by molar-refractivity contribution is 5.74. The molecular formula is C20H39N3O8. The molecule has 3 amide bonds. The monoisotopic (exact) mass is 449 g/mol. The first kappa shape index (κ1) is 30.6. The van der Waals surface area contributed by atoms with Crippen molar-refractivity contribution in [3.63, 3.8) is 0 Å². The van der Waals surface area contributed by atoms with Crippen molar-refractivity contribution in [3.8, 4) is 0 Å². The molecule has 0 spiro atoms. The molecule has 0 unspecified atom stereocenters. The van der Waals surface area contributed by atoms with E-state index in [1.807, 2.05) is 0 Å². The first-order valence-corrected chi connectivity index (χ1v) is 10.0. The minimum Gasteiger partial charge on any atom is -0.481 e. The molecule has 0 aromatic heterocycles. The Labute approximate surface area is 184 Å². The number of ether oxygens (including phenoxy) is 2. The van der Waals surface area contributed by atoms with Gasteiger partial charge in [-0.1, -0.05) is 0 Å². The van der Waals surface area contributed by atoms with E-state index in [-0.39, 0.29) is 12.3 Å². The van der Waals surface area contributed by atoms with Gasteiger partial charge in [-0.2, -0.15) is 0 Å². The molecule has 11 heteroatoms. The quantitative estimate of drug-likeness (QED) is 0.360. The van der Waals surface area contributed by atoms with E-state index < -0.39 is 29.4 Å². The molecule has 0 aliphatic carbocycles. The maximum absolute atomic E-state index is 11.3. The number of nitrogens with one attached hydrogen (secondary N) is 2. The Bertz CT molecular complexity index is 568. The summed E-state index contributed by atoms with van der Waals surface area (Å²) in [4.78, 5) is 48.4. The largest absolute Gasteiger partial charge is 0.481 e. The number of rotatable bonds is 9. The Morgan fingerprint density at radius 1 is 0.806 bits per heavy atom. The Morgan fingerprint density at radius 2 is 1.19 bits per heavy atom. The molecule has 0 atom stereocenters. The Hall–Kier alpha value is -2.56. The first-order valence-electron chi connectivity index (χ1n) is 10.0. The minimum atomic E-state index is -0.865. The van der Waals surface area contributed by atoms with Crippen molar-refractivity contribution in [2.24, 2.45) is 0 Å². The highest BCUT2D eigenvalue weighted by Crippen LogP contribution is 2.07. The molecule has 0 aliphatic heterocycles. The van der Waals surface area contributed by atoms with Gasteiger partial charge >= 0.3 is 18.2 Å². The lowest BCUT2D eigenvalue weighted by Gasteiger charge is -2.19. The summed E-state index contributed by atoms with van der Waals surface area (Å²) in [6.45, 7) is 11.4. The number of carbonyl (C=O) groups excluding carboxylic acids is 3. The Morgan fingerprint density at radius 3 is 1.52 bits per heavy atom. The number of carboxylic acids is 1. The maximum Gasteiger partial charge on any atom is 0.407 e. The fourth-order valence-corrected chi connectivity index (χ4v) is 1.75. The average Bonchev–Trinajstić information content (AvgIpc) is 2.59. The summed E-state index contributed by atoms with van der Waals surface area (Å²) in [5.74, 6) is -0.991. The number of carboxylic acid groups (broad SMARTS) is 1. The summed E-state index contributed by atoms with van der Waals surface area (Å²) in [6.07, 6.45) is 0.351. The molecule has 182 valence electrons. The van der Waals surface area contributed by atoms with Crippen LogP contribution < -0.4 is 10.6 Å². The molecule has 11 nitrogen and oxygen atoms in total. The predicted molar refractivity (Wildman–Crippen MR) is 114 cm³/mol. The van der Waals surface area contributed by atoms with Crippen LogP contribution in [0.25, 0.3) is 0 Å². The predicted octanol–water partition coefficient (Wildman–Crippen LogP) is 2.69. The van der Waals surface area contributed by atoms with Crippen LogP contribution >= 0.6 is 0 Å². The van der Waals surface area contributed by atoms with Gasteiger partial charge in [0.2, 0.25) is 5.91 Å². The molecule has 0 aromatic carbocycles. The van der Waals surface area contributed by atoms with Crippen molar-refractivity contribution in [2.45, 2.75) is 78.4 Å². The number of hydroxylamine groups is 2. The van der Waals surface area contributed by atoms with Gasteiger partial charge in [-0.15, -0.1) is 0 Å². The van der Waals surface area contributed by atoms with Gasteiger partial charge in [-0.05, 0) is 54.4 Å². The van der Waals surface area contributed by atoms with E-state index in [2.05, 4.69) is 10.6 Å². The lowest BCUT2D eigenvalue weighted by Crippen LogP contribution is -2.33. The lowest BCUT2D eigenvalue weighted by molar-refractivity contribution is -0.168. The van der Waals surface area contributed by atoms with E-state index in [1.54, 1.807) is 48.6 Å². The smallest absolute Gasteiger partial charge is 0.407 e. The van der Waals surface area contributed by atoms with Gasteiger partial charge < -0.3 is 25.2 Å². The van der Waals surface area contributed by atoms with E-state index in [0.29, 0.717) is 32.4 Å². The van der Waals surface area contributed by atoms with Crippen LogP contribution in [0.5, 0.6) is 0 Å². The zero-order chi connectivity index (χ0) is 24.7. The summed E-state index contributed by atoms with van der Waals surface area (Å²) in [6, 6.07) is 0. The van der Waals surface area contributed by atoms with Crippen molar-refractivity contribution < 1.29 is 38.6 Å². The van der Waals surface area contributed by atoms with E-state index in [4.69, 9.17) is 19.4 Å². The molecule has 0 rings (SSSR count). The van der Waals surface area contributed by atoms with Crippen LogP contribution in [0.3, 0.4) is 0 Å². The molecule has 0 aromatic rings. The number of carbonyl (C=O) groups is 4. The SMILES string of the molecule is CC(C)(C)OC(=O)NCCCC(=O)O.CON(C)C(=O)CCCNC(=O)OC(C)(C)C. The van der Waals surface area contributed by atoms with Crippen molar-refractivity contribution in [3.05, 3.63) is 0 Å². The summed E-state index contributed by atoms with van der Waals surface area (Å²) < 4.78 is 9.99. The van der Waals surface area contributed by atoms with Gasteiger partial charge in [0.05, 0.1) is 7.11 Å². The molecule has 0 radical (unpaired) electrons. The van der Waals surface area contributed by atoms with Gasteiger partial charge in [-0.25, -0.2) is 14.7 Å². The van der Waals surface area contributed by atoms with Crippen LogP contribution in [0.2, 0.25) is 0 Å². The standard InChI is InChI=1S/C11H22N2O4.C9H17NO4/c1-11(2,3)17-10(15)12-8-6-7-9(14)13(4)16-5;1-9(2,3)14-8(13)10-6-4-5-7(11)12/h6-8H2,1-5H3,(H,12,15);4-6H2,1-3H3,(H,10,13)(H,11,12). The third-order valence-electron chi connectivity index (χ3n) is 3.10. The molecular weight excluding hydrogens is 410 g/mol. The van der Waals surface area contributed by atoms with Crippen molar-refractivity contribution in [2.75, 3.05) is 27.2 Å². The van der Waals surface area contributed by atoms with Gasteiger partial charge in [0, 0.05) is 33.0 Å². The van der Waals surface area contributed by atoms with E-state index in [9.17, 15) is 19.2 Å². The van der Waals surface area contributed by atoms with Crippen LogP contribution in [0.1, 0.15) is 67.2 Å². The Kier molecular flexibility index (Phi) is 15.1. The second kappa shape index (κ2) is 15.3. The number of nitrogens with zero attached hydrogens (tertiary/aromatic N) is 1. The van der Waals surface area contributed by atoms with Crippen LogP contribution in [0.15, 0.2) is 0 Å². The zero-order valence-electron chi connectivity index (χ0n) is 20.0. The molecule has 0 heterocycles. The Balaban J connectivity index is 0. The number of amides is 3. The van der Waals surface area contributed by atoms with Crippen molar-refractivity contribution in [1.82, 2.24) is 15.7 Å². The molecule has 0 aliphatic rings. The van der Waals surface area contributed by atoms with E-state index in [1.165, 1.54) is 7.11 Å². The maximum atomic E-state index is 11.3. The summed E-state index contributed by atoms with van der Waals surface area (Å²) in [5.41, 5.74) is -1.02. The fourth-order valence-electron chi connectivity index (χ4n) is 1.75. The third kappa shape index (κ3) is 23.6. The van der Waals surface area contributed by atoms with Crippen LogP contribution in [0.4, 0.5) is 9.59 Å². The number of aliphatic carboxylic acids is 1. The molecule has 3 N–H and O–H groups in total. The number of hydrogen-bond donors (Lipinski definition) is 3. The van der Waals surface area contributed by atoms with E-state index in [0.717, 1.165) is 5.06 Å². The average molecular weight is 450 g/mol. The number of hydrogen-bond acceptors (Lipinski definition) is 7. The van der Waals surface area contributed by atoms with Crippen LogP contribution in [-0.4, -0.2) is 72.7 Å². The van der Waals surface area contributed by atoms with Crippen molar-refractivity contribution >= 4 is 24.1 Å². The minimum absolute atomic E-state index is 0.0514. The van der Waals surface area contributed by atoms with Gasteiger partial charge in [0.25, 0.3) is 0 Å². The lowest BCUT2D eigenvalue weighted by atomic mass is 10.2. The highest BCUT2D eigenvalue weighted by atomic mass is 16.7. The second-order valence-electron chi connectivity index (χ2n) is 8.53. The molecule has 31 heavy (non-hydrogen) atoms. The van der Waals surface area contributed by atoms with Crippen molar-refractivity contribution in [1.29, 1.82) is 0 Å². The zero-order valence-corrected chi connectivity index (χ0v) is 20.0. The van der Waals surface area contributed by atoms with E-state index >= 15 is 0 Å². The van der Waals surface area contributed by atoms with Gasteiger partial charge in [0.1, 0.15) is 11.2 Å². The van der Waals surface area contributed by atoms with Crippen LogP contribution in [0, 0.1) is 0 Å². The highest BCUT2D eigenvalue weighted by Gasteiger charge is 2.16. The summed E-state index contributed by atoms with van der Waals surface area (Å²) in [7, 11) is 2.97. The number of alkyl carbamates (subject to hydrolysis) is 2. The summed E-state index contributed by atoms with van der Waals surface area (Å²) in [5, 5.41) is 14.5. The molecule has 0 saturated heterocycles. The first-order chi connectivity index (χ1) is 14.1. The summed E-state index contributed by atoms with van der Waals surface area (Å²) >= 11 is 0. The second-order valence-corrected chi connectivity index (χ2v) is 8.53. The normalized spacial score (nSPS) is 10.8. The fraction of sp³-hybridized carbons (Fsp3) is 0.800. The topological polar surface area (TPSA) is 143 Å². The molecule has 0 fully saturated rings. The third-order valence-corrected chi connectivity index (χ3v) is 3.10.